The van der Waals surface area contributed by atoms with E-state index in [-0.39, 0.29) is 5.54 Å². The van der Waals surface area contributed by atoms with Gasteiger partial charge in [0.25, 0.3) is 0 Å². The third-order valence-corrected chi connectivity index (χ3v) is 5.25. The quantitative estimate of drug-likeness (QED) is 0.911. The van der Waals surface area contributed by atoms with Gasteiger partial charge >= 0.3 is 0 Å². The van der Waals surface area contributed by atoms with Gasteiger partial charge in [-0.15, -0.1) is 11.3 Å². The van der Waals surface area contributed by atoms with Crippen LogP contribution in [0.15, 0.2) is 0 Å². The Hall–Kier alpha value is -0.610. The summed E-state index contributed by atoms with van der Waals surface area (Å²) in [6, 6.07) is 0. The maximum absolute atomic E-state index is 4.81. The van der Waals surface area contributed by atoms with Gasteiger partial charge in [0.1, 0.15) is 0 Å². The van der Waals surface area contributed by atoms with Crippen LogP contribution >= 0.6 is 11.3 Å². The first-order valence-corrected chi connectivity index (χ1v) is 8.67. The Morgan fingerprint density at radius 3 is 2.80 bits per heavy atom. The lowest BCUT2D eigenvalue weighted by atomic mass is 9.96. The lowest BCUT2D eigenvalue weighted by molar-refractivity contribution is 0.404. The Kier molecular flexibility index (Phi) is 5.08. The molecule has 114 valence electrons. The molecule has 1 aromatic rings. The van der Waals surface area contributed by atoms with Crippen LogP contribution in [0.5, 0.6) is 0 Å². The molecule has 1 unspecified atom stereocenters. The van der Waals surface area contributed by atoms with Gasteiger partial charge in [-0.1, -0.05) is 13.3 Å². The van der Waals surface area contributed by atoms with E-state index in [2.05, 4.69) is 44.8 Å². The second kappa shape index (κ2) is 6.44. The molecule has 2 rings (SSSR count). The molecule has 3 nitrogen and oxygen atoms in total. The van der Waals surface area contributed by atoms with E-state index in [1.807, 2.05) is 11.3 Å². The van der Waals surface area contributed by atoms with Crippen molar-refractivity contribution < 1.29 is 0 Å². The topological polar surface area (TPSA) is 28.2 Å². The zero-order chi connectivity index (χ0) is 14.8. The average Bonchev–Trinajstić information content (AvgIpc) is 2.77. The highest BCUT2D eigenvalue weighted by molar-refractivity contribution is 7.15. The molecule has 1 fully saturated rings. The number of nitrogens with zero attached hydrogens (tertiary/aromatic N) is 2. The van der Waals surface area contributed by atoms with E-state index in [1.54, 1.807) is 0 Å². The van der Waals surface area contributed by atoms with Crippen molar-refractivity contribution in [3.05, 3.63) is 10.6 Å². The number of hydrogen-bond acceptors (Lipinski definition) is 4. The van der Waals surface area contributed by atoms with Gasteiger partial charge < -0.3 is 10.2 Å². The monoisotopic (exact) mass is 295 g/mol. The highest BCUT2D eigenvalue weighted by Gasteiger charge is 2.22. The lowest BCUT2D eigenvalue weighted by Crippen LogP contribution is -2.35. The summed E-state index contributed by atoms with van der Waals surface area (Å²) in [6.07, 6.45) is 3.99. The summed E-state index contributed by atoms with van der Waals surface area (Å²) in [5.41, 5.74) is 1.36. The second-order valence-electron chi connectivity index (χ2n) is 6.97. The standard InChI is InChI=1S/C16H29N3S/c1-6-13-8-7-9-19(11-13)15-18-12(2)14(20-15)10-17-16(3,4)5/h13,17H,6-11H2,1-5H3. The third-order valence-electron chi connectivity index (χ3n) is 4.03. The van der Waals surface area contributed by atoms with E-state index in [0.29, 0.717) is 0 Å². The van der Waals surface area contributed by atoms with Crippen LogP contribution in [0.1, 0.15) is 57.5 Å². The van der Waals surface area contributed by atoms with Crippen molar-refractivity contribution in [2.24, 2.45) is 5.92 Å². The number of aryl methyl sites for hydroxylation is 1. The molecule has 0 spiro atoms. The van der Waals surface area contributed by atoms with Gasteiger partial charge in [0.05, 0.1) is 5.69 Å². The van der Waals surface area contributed by atoms with Crippen molar-refractivity contribution in [2.75, 3.05) is 18.0 Å². The molecule has 0 radical (unpaired) electrons. The minimum atomic E-state index is 0.162. The van der Waals surface area contributed by atoms with Crippen LogP contribution in [0, 0.1) is 12.8 Å². The Balaban J connectivity index is 2.03. The Bertz CT molecular complexity index is 433. The Labute approximate surface area is 127 Å². The second-order valence-corrected chi connectivity index (χ2v) is 8.03. The maximum atomic E-state index is 4.81. The molecule has 1 aliphatic rings. The van der Waals surface area contributed by atoms with Gasteiger partial charge in [-0.3, -0.25) is 0 Å². The molecule has 1 atom stereocenters. The van der Waals surface area contributed by atoms with E-state index >= 15 is 0 Å². The highest BCUT2D eigenvalue weighted by atomic mass is 32.1. The molecule has 0 bridgehead atoms. The summed E-state index contributed by atoms with van der Waals surface area (Å²) < 4.78 is 0. The van der Waals surface area contributed by atoms with Crippen LogP contribution in [-0.4, -0.2) is 23.6 Å². The van der Waals surface area contributed by atoms with Crippen molar-refractivity contribution in [3.8, 4) is 0 Å². The van der Waals surface area contributed by atoms with E-state index in [4.69, 9.17) is 4.98 Å². The van der Waals surface area contributed by atoms with E-state index in [0.717, 1.165) is 12.5 Å². The smallest absolute Gasteiger partial charge is 0.185 e. The minimum absolute atomic E-state index is 0.162. The fourth-order valence-corrected chi connectivity index (χ4v) is 3.66. The normalized spacial score (nSPS) is 20.4. The Morgan fingerprint density at radius 1 is 1.40 bits per heavy atom. The van der Waals surface area contributed by atoms with Crippen molar-refractivity contribution >= 4 is 16.5 Å². The van der Waals surface area contributed by atoms with Crippen LogP contribution in [0.25, 0.3) is 0 Å². The first-order chi connectivity index (χ1) is 9.39. The van der Waals surface area contributed by atoms with Gasteiger partial charge in [-0.25, -0.2) is 4.98 Å². The summed E-state index contributed by atoms with van der Waals surface area (Å²) in [4.78, 5) is 8.69. The molecule has 1 aliphatic heterocycles. The largest absolute Gasteiger partial charge is 0.348 e. The summed E-state index contributed by atoms with van der Waals surface area (Å²) in [5.74, 6) is 0.851. The molecule has 1 saturated heterocycles. The van der Waals surface area contributed by atoms with E-state index < -0.39 is 0 Å². The number of rotatable bonds is 4. The fourth-order valence-electron chi connectivity index (χ4n) is 2.63. The number of thiazole rings is 1. The summed E-state index contributed by atoms with van der Waals surface area (Å²) >= 11 is 1.87. The molecule has 1 aromatic heterocycles. The van der Waals surface area contributed by atoms with Crippen molar-refractivity contribution in [2.45, 2.75) is 66.0 Å². The fraction of sp³-hybridized carbons (Fsp3) is 0.812. The first-order valence-electron chi connectivity index (χ1n) is 7.85. The van der Waals surface area contributed by atoms with E-state index in [9.17, 15) is 0 Å². The summed E-state index contributed by atoms with van der Waals surface area (Å²) in [7, 11) is 0. The molecule has 0 saturated carbocycles. The molecular formula is C16H29N3S. The van der Waals surface area contributed by atoms with Crippen LogP contribution in [0.3, 0.4) is 0 Å². The molecule has 2 heterocycles. The number of aromatic nitrogens is 1. The van der Waals surface area contributed by atoms with Gasteiger partial charge in [-0.05, 0) is 46.5 Å². The van der Waals surface area contributed by atoms with Crippen molar-refractivity contribution in [1.82, 2.24) is 10.3 Å². The zero-order valence-corrected chi connectivity index (χ0v) is 14.4. The molecule has 0 amide bonds. The van der Waals surface area contributed by atoms with Gasteiger partial charge in [0.2, 0.25) is 0 Å². The van der Waals surface area contributed by atoms with Crippen LogP contribution in [0.2, 0.25) is 0 Å². The molecular weight excluding hydrogens is 266 g/mol. The van der Waals surface area contributed by atoms with Crippen LogP contribution in [0.4, 0.5) is 5.13 Å². The number of hydrogen-bond donors (Lipinski definition) is 1. The average molecular weight is 295 g/mol. The third kappa shape index (κ3) is 4.19. The minimum Gasteiger partial charge on any atom is -0.348 e. The molecule has 0 aliphatic carbocycles. The zero-order valence-electron chi connectivity index (χ0n) is 13.6. The lowest BCUT2D eigenvalue weighted by Gasteiger charge is -2.32. The molecule has 0 aromatic carbocycles. The predicted octanol–water partition coefficient (Wildman–Crippen LogP) is 3.97. The van der Waals surface area contributed by atoms with Crippen LogP contribution < -0.4 is 10.2 Å². The predicted molar refractivity (Wildman–Crippen MR) is 88.7 cm³/mol. The van der Waals surface area contributed by atoms with Gasteiger partial charge in [0.15, 0.2) is 5.13 Å². The Morgan fingerprint density at radius 2 is 2.15 bits per heavy atom. The van der Waals surface area contributed by atoms with Crippen molar-refractivity contribution in [1.29, 1.82) is 0 Å². The van der Waals surface area contributed by atoms with E-state index in [1.165, 1.54) is 48.1 Å². The molecule has 4 heteroatoms. The number of anilines is 1. The summed E-state index contributed by atoms with van der Waals surface area (Å²) in [6.45, 7) is 14.4. The maximum Gasteiger partial charge on any atom is 0.185 e. The SMILES string of the molecule is CCC1CCCN(c2nc(C)c(CNC(C)(C)C)s2)C1. The van der Waals surface area contributed by atoms with Crippen LogP contribution in [-0.2, 0) is 6.54 Å². The highest BCUT2D eigenvalue weighted by Crippen LogP contribution is 2.30. The summed E-state index contributed by atoms with van der Waals surface area (Å²) in [5, 5.41) is 4.80. The number of nitrogens with one attached hydrogen (secondary N) is 1. The van der Waals surface area contributed by atoms with Gasteiger partial charge in [-0.2, -0.15) is 0 Å². The van der Waals surface area contributed by atoms with Gasteiger partial charge in [0, 0.05) is 30.1 Å². The molecule has 20 heavy (non-hydrogen) atoms. The van der Waals surface area contributed by atoms with Crippen molar-refractivity contribution in [3.63, 3.8) is 0 Å². The molecule has 1 N–H and O–H groups in total. The number of piperidine rings is 1. The first kappa shape index (κ1) is 15.8.